The standard InChI is InChI=1S/C15H21N3O4.ClH/c19-11-5-15(6-12(11)20,8-18-14(21)10-1-2-10)9-22-13-7-16-3-4-17-13;/h3-4,7,10-12,19-20H,1-2,5-6,8-9H2,(H,18,21);1H/t11-,12+,15?;. The van der Waals surface area contributed by atoms with Crippen molar-refractivity contribution in [2.75, 3.05) is 13.2 Å². The van der Waals surface area contributed by atoms with Gasteiger partial charge in [0.05, 0.1) is 25.0 Å². The molecular formula is C15H22ClN3O4. The number of ether oxygens (including phenoxy) is 1. The Labute approximate surface area is 140 Å². The molecule has 3 atom stereocenters. The van der Waals surface area contributed by atoms with Gasteiger partial charge in [-0.05, 0) is 25.7 Å². The summed E-state index contributed by atoms with van der Waals surface area (Å²) in [5, 5.41) is 22.7. The topological polar surface area (TPSA) is 105 Å². The number of nitrogens with zero attached hydrogens (tertiary/aromatic N) is 2. The van der Waals surface area contributed by atoms with Gasteiger partial charge in [-0.1, -0.05) is 0 Å². The molecule has 2 fully saturated rings. The number of aromatic nitrogens is 2. The maximum absolute atomic E-state index is 11.8. The first-order valence-electron chi connectivity index (χ1n) is 7.61. The smallest absolute Gasteiger partial charge is 0.232 e. The third kappa shape index (κ3) is 4.53. The van der Waals surface area contributed by atoms with E-state index < -0.39 is 17.6 Å². The normalized spacial score (nSPS) is 29.7. The van der Waals surface area contributed by atoms with Crippen molar-refractivity contribution in [2.45, 2.75) is 37.9 Å². The van der Waals surface area contributed by atoms with Crippen molar-refractivity contribution in [3.63, 3.8) is 0 Å². The Bertz CT molecular complexity index is 517. The molecule has 3 rings (SSSR count). The highest BCUT2D eigenvalue weighted by Crippen LogP contribution is 2.39. The van der Waals surface area contributed by atoms with Crippen LogP contribution < -0.4 is 10.1 Å². The van der Waals surface area contributed by atoms with Gasteiger partial charge in [-0.25, -0.2) is 4.98 Å². The van der Waals surface area contributed by atoms with Crippen molar-refractivity contribution in [1.29, 1.82) is 0 Å². The van der Waals surface area contributed by atoms with E-state index in [0.717, 1.165) is 12.8 Å². The molecule has 8 heteroatoms. The zero-order chi connectivity index (χ0) is 15.6. The molecule has 1 aromatic heterocycles. The second-order valence-corrected chi connectivity index (χ2v) is 6.37. The minimum atomic E-state index is -0.789. The molecule has 23 heavy (non-hydrogen) atoms. The third-order valence-corrected chi connectivity index (χ3v) is 4.38. The first-order chi connectivity index (χ1) is 10.6. The molecule has 0 aliphatic heterocycles. The SMILES string of the molecule is Cl.O=C(NCC1(COc2cnccn2)C[C@@H](O)[C@@H](O)C1)C1CC1. The van der Waals surface area contributed by atoms with Crippen LogP contribution >= 0.6 is 12.4 Å². The molecule has 0 bridgehead atoms. The van der Waals surface area contributed by atoms with Gasteiger partial charge in [0.1, 0.15) is 0 Å². The van der Waals surface area contributed by atoms with Crippen LogP contribution in [0.25, 0.3) is 0 Å². The molecule has 128 valence electrons. The van der Waals surface area contributed by atoms with Crippen LogP contribution in [-0.2, 0) is 4.79 Å². The Hall–Kier alpha value is -1.44. The van der Waals surface area contributed by atoms with Crippen LogP contribution in [0.4, 0.5) is 0 Å². The molecule has 0 aromatic carbocycles. The predicted molar refractivity (Wildman–Crippen MR) is 84.2 cm³/mol. The average molecular weight is 344 g/mol. The molecule has 2 aliphatic rings. The molecule has 1 unspecified atom stereocenters. The lowest BCUT2D eigenvalue weighted by molar-refractivity contribution is -0.123. The summed E-state index contributed by atoms with van der Waals surface area (Å²) in [5.74, 6) is 0.579. The van der Waals surface area contributed by atoms with Crippen molar-refractivity contribution in [1.82, 2.24) is 15.3 Å². The molecule has 0 radical (unpaired) electrons. The van der Waals surface area contributed by atoms with E-state index in [4.69, 9.17) is 4.74 Å². The number of carbonyl (C=O) groups excluding carboxylic acids is 1. The lowest BCUT2D eigenvalue weighted by atomic mass is 9.86. The summed E-state index contributed by atoms with van der Waals surface area (Å²) in [6.45, 7) is 0.654. The fourth-order valence-corrected chi connectivity index (χ4v) is 2.91. The van der Waals surface area contributed by atoms with Crippen LogP contribution in [0.1, 0.15) is 25.7 Å². The van der Waals surface area contributed by atoms with Crippen molar-refractivity contribution < 1.29 is 19.7 Å². The van der Waals surface area contributed by atoms with Crippen molar-refractivity contribution in [2.24, 2.45) is 11.3 Å². The highest BCUT2D eigenvalue weighted by molar-refractivity contribution is 5.85. The fourth-order valence-electron chi connectivity index (χ4n) is 2.91. The van der Waals surface area contributed by atoms with E-state index in [2.05, 4.69) is 15.3 Å². The van der Waals surface area contributed by atoms with Crippen molar-refractivity contribution in [3.05, 3.63) is 18.6 Å². The van der Waals surface area contributed by atoms with Crippen molar-refractivity contribution >= 4 is 18.3 Å². The Morgan fingerprint density at radius 2 is 2.00 bits per heavy atom. The van der Waals surface area contributed by atoms with Gasteiger partial charge in [-0.3, -0.25) is 9.78 Å². The van der Waals surface area contributed by atoms with Crippen LogP contribution in [0, 0.1) is 11.3 Å². The summed E-state index contributed by atoms with van der Waals surface area (Å²) in [5.41, 5.74) is -0.485. The molecule has 1 amide bonds. The lowest BCUT2D eigenvalue weighted by Gasteiger charge is -2.28. The molecule has 3 N–H and O–H groups in total. The predicted octanol–water partition coefficient (Wildman–Crippen LogP) is 0.305. The van der Waals surface area contributed by atoms with Crippen molar-refractivity contribution in [3.8, 4) is 5.88 Å². The number of aliphatic hydroxyl groups excluding tert-OH is 2. The Kier molecular flexibility index (Phi) is 5.78. The number of carbonyl (C=O) groups is 1. The van der Waals surface area contributed by atoms with Gasteiger partial charge in [0.15, 0.2) is 0 Å². The van der Waals surface area contributed by atoms with E-state index in [9.17, 15) is 15.0 Å². The van der Waals surface area contributed by atoms with Gasteiger partial charge in [-0.2, -0.15) is 0 Å². The summed E-state index contributed by atoms with van der Waals surface area (Å²) in [6.07, 6.45) is 5.69. The summed E-state index contributed by atoms with van der Waals surface area (Å²) < 4.78 is 5.65. The summed E-state index contributed by atoms with van der Waals surface area (Å²) >= 11 is 0. The number of aliphatic hydroxyl groups is 2. The zero-order valence-electron chi connectivity index (χ0n) is 12.7. The number of halogens is 1. The Balaban J connectivity index is 0.00000192. The molecule has 1 aromatic rings. The molecule has 1 heterocycles. The molecule has 0 saturated heterocycles. The summed E-state index contributed by atoms with van der Waals surface area (Å²) in [6, 6.07) is 0. The van der Waals surface area contributed by atoms with Gasteiger partial charge in [-0.15, -0.1) is 12.4 Å². The average Bonchev–Trinajstić information content (AvgIpc) is 3.32. The van der Waals surface area contributed by atoms with Gasteiger partial charge in [0.2, 0.25) is 11.8 Å². The van der Waals surface area contributed by atoms with Crippen LogP contribution in [-0.4, -0.2) is 51.4 Å². The van der Waals surface area contributed by atoms with Crippen LogP contribution in [0.15, 0.2) is 18.6 Å². The first-order valence-corrected chi connectivity index (χ1v) is 7.61. The third-order valence-electron chi connectivity index (χ3n) is 4.38. The number of amides is 1. The fraction of sp³-hybridized carbons (Fsp3) is 0.667. The Morgan fingerprint density at radius 3 is 2.57 bits per heavy atom. The lowest BCUT2D eigenvalue weighted by Crippen LogP contribution is -2.41. The Morgan fingerprint density at radius 1 is 1.30 bits per heavy atom. The van der Waals surface area contributed by atoms with Gasteiger partial charge >= 0.3 is 0 Å². The van der Waals surface area contributed by atoms with E-state index in [1.54, 1.807) is 6.20 Å². The van der Waals surface area contributed by atoms with Gasteiger partial charge in [0, 0.05) is 30.3 Å². The molecule has 0 spiro atoms. The number of nitrogens with one attached hydrogen (secondary N) is 1. The second-order valence-electron chi connectivity index (χ2n) is 6.37. The largest absolute Gasteiger partial charge is 0.476 e. The number of hydrogen-bond acceptors (Lipinski definition) is 6. The molecule has 2 aliphatic carbocycles. The number of rotatable bonds is 6. The van der Waals surface area contributed by atoms with Gasteiger partial charge < -0.3 is 20.3 Å². The van der Waals surface area contributed by atoms with E-state index in [0.29, 0.717) is 25.3 Å². The van der Waals surface area contributed by atoms with Crippen LogP contribution in [0.5, 0.6) is 5.88 Å². The van der Waals surface area contributed by atoms with Crippen LogP contribution in [0.3, 0.4) is 0 Å². The highest BCUT2D eigenvalue weighted by Gasteiger charge is 2.45. The van der Waals surface area contributed by atoms with Gasteiger partial charge in [0.25, 0.3) is 0 Å². The molecule has 2 saturated carbocycles. The second kappa shape index (κ2) is 7.42. The minimum absolute atomic E-state index is 0. The highest BCUT2D eigenvalue weighted by atomic mass is 35.5. The quantitative estimate of drug-likeness (QED) is 0.686. The monoisotopic (exact) mass is 343 g/mol. The first kappa shape index (κ1) is 17.9. The zero-order valence-corrected chi connectivity index (χ0v) is 13.5. The van der Waals surface area contributed by atoms with E-state index in [-0.39, 0.29) is 30.8 Å². The maximum atomic E-state index is 11.8. The molecular weight excluding hydrogens is 322 g/mol. The van der Waals surface area contributed by atoms with Crippen LogP contribution in [0.2, 0.25) is 0 Å². The maximum Gasteiger partial charge on any atom is 0.232 e. The summed E-state index contributed by atoms with van der Waals surface area (Å²) in [4.78, 5) is 19.8. The number of hydrogen-bond donors (Lipinski definition) is 3. The summed E-state index contributed by atoms with van der Waals surface area (Å²) in [7, 11) is 0. The minimum Gasteiger partial charge on any atom is -0.476 e. The van der Waals surface area contributed by atoms with E-state index >= 15 is 0 Å². The van der Waals surface area contributed by atoms with E-state index in [1.165, 1.54) is 12.4 Å². The van der Waals surface area contributed by atoms with E-state index in [1.807, 2.05) is 0 Å². The molecule has 7 nitrogen and oxygen atoms in total.